The summed E-state index contributed by atoms with van der Waals surface area (Å²) in [4.78, 5) is 16.3. The topological polar surface area (TPSA) is 73.0 Å². The second-order valence-corrected chi connectivity index (χ2v) is 8.83. The Morgan fingerprint density at radius 1 is 0.963 bits per heavy atom. The number of benzene rings is 1. The third-order valence-corrected chi connectivity index (χ3v) is 6.88. The fraction of sp³-hybridized carbons (Fsp3) is 0.611. The normalized spacial score (nSPS) is 19.5. The van der Waals surface area contributed by atoms with E-state index in [1.54, 1.807) is 4.31 Å². The van der Waals surface area contributed by atoms with Crippen LogP contribution in [0.1, 0.15) is 12.0 Å². The molecule has 0 saturated carbocycles. The summed E-state index contributed by atoms with van der Waals surface area (Å²) in [6.07, 6.45) is 0.511. The van der Waals surface area contributed by atoms with Gasteiger partial charge in [-0.3, -0.25) is 4.79 Å². The molecule has 1 amide bonds. The number of nitrogens with one attached hydrogen (secondary N) is 1. The van der Waals surface area contributed by atoms with Gasteiger partial charge >= 0.3 is 0 Å². The van der Waals surface area contributed by atoms with Gasteiger partial charge < -0.3 is 15.1 Å². The van der Waals surface area contributed by atoms with Gasteiger partial charge in [-0.05, 0) is 5.56 Å². The molecule has 0 atom stereocenters. The van der Waals surface area contributed by atoms with Crippen molar-refractivity contribution < 1.29 is 13.2 Å². The number of hydrogen-bond donors (Lipinski definition) is 1. The third-order valence-electron chi connectivity index (χ3n) is 5.03. The maximum atomic E-state index is 12.6. The van der Waals surface area contributed by atoms with E-state index in [1.807, 2.05) is 35.2 Å². The second kappa shape index (κ2) is 10.4. The first-order valence-corrected chi connectivity index (χ1v) is 10.9. The molecule has 152 valence electrons. The van der Waals surface area contributed by atoms with Crippen LogP contribution in [-0.2, 0) is 20.6 Å². The Balaban J connectivity index is 0.00000261. The Morgan fingerprint density at radius 2 is 1.59 bits per heavy atom. The SMILES string of the molecule is Cl.O=C(CCN1CCN(S(=O)(=O)Cc2ccccc2)CC1)N1CCNCC1. The van der Waals surface area contributed by atoms with Crippen molar-refractivity contribution in [1.29, 1.82) is 0 Å². The molecule has 3 rings (SSSR count). The monoisotopic (exact) mass is 416 g/mol. The average molecular weight is 417 g/mol. The highest BCUT2D eigenvalue weighted by Gasteiger charge is 2.27. The lowest BCUT2D eigenvalue weighted by Crippen LogP contribution is -2.50. The minimum Gasteiger partial charge on any atom is -0.340 e. The average Bonchev–Trinajstić information content (AvgIpc) is 2.67. The van der Waals surface area contributed by atoms with Crippen LogP contribution in [0.4, 0.5) is 0 Å². The maximum Gasteiger partial charge on any atom is 0.223 e. The van der Waals surface area contributed by atoms with Gasteiger partial charge in [0.05, 0.1) is 5.75 Å². The fourth-order valence-corrected chi connectivity index (χ4v) is 4.95. The number of nitrogens with zero attached hydrogens (tertiary/aromatic N) is 3. The van der Waals surface area contributed by atoms with Gasteiger partial charge in [0.15, 0.2) is 0 Å². The van der Waals surface area contributed by atoms with E-state index >= 15 is 0 Å². The van der Waals surface area contributed by atoms with Crippen molar-refractivity contribution in [1.82, 2.24) is 19.4 Å². The van der Waals surface area contributed by atoms with E-state index in [4.69, 9.17) is 0 Å². The van der Waals surface area contributed by atoms with Gasteiger partial charge in [-0.25, -0.2) is 8.42 Å². The summed E-state index contributed by atoms with van der Waals surface area (Å²) in [6.45, 7) is 6.36. The van der Waals surface area contributed by atoms with Crippen molar-refractivity contribution in [3.63, 3.8) is 0 Å². The molecule has 0 aromatic heterocycles. The zero-order valence-electron chi connectivity index (χ0n) is 15.5. The number of hydrogen-bond acceptors (Lipinski definition) is 5. The van der Waals surface area contributed by atoms with Gasteiger partial charge in [-0.2, -0.15) is 4.31 Å². The summed E-state index contributed by atoms with van der Waals surface area (Å²) in [6, 6.07) is 9.29. The Labute approximate surface area is 168 Å². The standard InChI is InChI=1S/C18H28N4O3S.ClH/c23-18(21-10-7-19-8-11-21)6-9-20-12-14-22(15-13-20)26(24,25)16-17-4-2-1-3-5-17;/h1-5,19H,6-16H2;1H. The Bertz CT molecular complexity index is 688. The first kappa shape index (κ1) is 22.1. The quantitative estimate of drug-likeness (QED) is 0.725. The molecule has 2 aliphatic heterocycles. The van der Waals surface area contributed by atoms with E-state index in [2.05, 4.69) is 10.2 Å². The van der Waals surface area contributed by atoms with Crippen LogP contribution in [-0.4, -0.2) is 87.3 Å². The summed E-state index contributed by atoms with van der Waals surface area (Å²) in [5.41, 5.74) is 0.816. The van der Waals surface area contributed by atoms with Crippen LogP contribution in [0.2, 0.25) is 0 Å². The number of rotatable bonds is 6. The van der Waals surface area contributed by atoms with E-state index in [0.717, 1.165) is 31.7 Å². The number of carbonyl (C=O) groups excluding carboxylic acids is 1. The summed E-state index contributed by atoms with van der Waals surface area (Å²) in [5.74, 6) is 0.251. The lowest BCUT2D eigenvalue weighted by molar-refractivity contribution is -0.132. The zero-order chi connectivity index (χ0) is 18.4. The highest BCUT2D eigenvalue weighted by Crippen LogP contribution is 2.14. The van der Waals surface area contributed by atoms with Gasteiger partial charge in [0.25, 0.3) is 0 Å². The molecule has 2 heterocycles. The molecule has 1 aromatic carbocycles. The molecule has 2 aliphatic rings. The number of halogens is 1. The van der Waals surface area contributed by atoms with Crippen molar-refractivity contribution in [3.8, 4) is 0 Å². The molecule has 7 nitrogen and oxygen atoms in total. The first-order chi connectivity index (χ1) is 12.5. The first-order valence-electron chi connectivity index (χ1n) is 9.27. The van der Waals surface area contributed by atoms with E-state index in [-0.39, 0.29) is 24.1 Å². The molecule has 27 heavy (non-hydrogen) atoms. The Hall–Kier alpha value is -1.19. The summed E-state index contributed by atoms with van der Waals surface area (Å²) >= 11 is 0. The molecular formula is C18H29ClN4O3S. The molecule has 1 N–H and O–H groups in total. The van der Waals surface area contributed by atoms with Crippen molar-refractivity contribution in [2.45, 2.75) is 12.2 Å². The largest absolute Gasteiger partial charge is 0.340 e. The summed E-state index contributed by atoms with van der Waals surface area (Å²) < 4.78 is 26.7. The smallest absolute Gasteiger partial charge is 0.223 e. The lowest BCUT2D eigenvalue weighted by Gasteiger charge is -2.34. The molecule has 1 aromatic rings. The lowest BCUT2D eigenvalue weighted by atomic mass is 10.2. The highest BCUT2D eigenvalue weighted by atomic mass is 35.5. The third kappa shape index (κ3) is 6.43. The zero-order valence-corrected chi connectivity index (χ0v) is 17.2. The molecule has 0 spiro atoms. The predicted octanol–water partition coefficient (Wildman–Crippen LogP) is 0.378. The Morgan fingerprint density at radius 3 is 2.22 bits per heavy atom. The molecule has 0 radical (unpaired) electrons. The van der Waals surface area contributed by atoms with E-state index in [1.165, 1.54) is 0 Å². The van der Waals surface area contributed by atoms with E-state index in [9.17, 15) is 13.2 Å². The molecule has 9 heteroatoms. The molecule has 0 bridgehead atoms. The van der Waals surface area contributed by atoms with Crippen molar-refractivity contribution >= 4 is 28.3 Å². The van der Waals surface area contributed by atoms with Gasteiger partial charge in [0.1, 0.15) is 0 Å². The van der Waals surface area contributed by atoms with Gasteiger partial charge in [0, 0.05) is 65.3 Å². The summed E-state index contributed by atoms with van der Waals surface area (Å²) in [7, 11) is -3.28. The van der Waals surface area contributed by atoms with Crippen LogP contribution < -0.4 is 5.32 Å². The molecule has 0 unspecified atom stereocenters. The minimum absolute atomic E-state index is 0. The van der Waals surface area contributed by atoms with Crippen LogP contribution in [0.15, 0.2) is 30.3 Å². The molecular weight excluding hydrogens is 388 g/mol. The minimum atomic E-state index is -3.28. The number of sulfonamides is 1. The van der Waals surface area contributed by atoms with Gasteiger partial charge in [-0.1, -0.05) is 30.3 Å². The van der Waals surface area contributed by atoms with Crippen molar-refractivity contribution in [2.75, 3.05) is 58.9 Å². The van der Waals surface area contributed by atoms with E-state index < -0.39 is 10.0 Å². The predicted molar refractivity (Wildman–Crippen MR) is 108 cm³/mol. The fourth-order valence-electron chi connectivity index (χ4n) is 3.43. The van der Waals surface area contributed by atoms with Gasteiger partial charge in [0.2, 0.25) is 15.9 Å². The van der Waals surface area contributed by atoms with Crippen LogP contribution >= 0.6 is 12.4 Å². The Kier molecular flexibility index (Phi) is 8.50. The van der Waals surface area contributed by atoms with E-state index in [0.29, 0.717) is 39.1 Å². The second-order valence-electron chi connectivity index (χ2n) is 6.86. The maximum absolute atomic E-state index is 12.6. The van der Waals surface area contributed by atoms with Gasteiger partial charge in [-0.15, -0.1) is 12.4 Å². The summed E-state index contributed by atoms with van der Waals surface area (Å²) in [5, 5.41) is 3.24. The molecule has 2 saturated heterocycles. The number of amides is 1. The van der Waals surface area contributed by atoms with Crippen molar-refractivity contribution in [2.24, 2.45) is 0 Å². The molecule has 2 fully saturated rings. The number of carbonyl (C=O) groups is 1. The highest BCUT2D eigenvalue weighted by molar-refractivity contribution is 7.88. The van der Waals surface area contributed by atoms with Crippen LogP contribution in [0, 0.1) is 0 Å². The van der Waals surface area contributed by atoms with Crippen LogP contribution in [0.25, 0.3) is 0 Å². The van der Waals surface area contributed by atoms with Crippen LogP contribution in [0.5, 0.6) is 0 Å². The number of piperazine rings is 2. The van der Waals surface area contributed by atoms with Crippen molar-refractivity contribution in [3.05, 3.63) is 35.9 Å². The van der Waals surface area contributed by atoms with Crippen LogP contribution in [0.3, 0.4) is 0 Å². The molecule has 0 aliphatic carbocycles.